The van der Waals surface area contributed by atoms with Crippen LogP contribution in [0.15, 0.2) is 36.7 Å². The van der Waals surface area contributed by atoms with Crippen molar-refractivity contribution in [3.05, 3.63) is 42.2 Å². The van der Waals surface area contributed by atoms with Crippen LogP contribution in [-0.4, -0.2) is 49.2 Å². The van der Waals surface area contributed by atoms with Crippen LogP contribution in [0.2, 0.25) is 0 Å². The van der Waals surface area contributed by atoms with Gasteiger partial charge in [0.15, 0.2) is 11.5 Å². The first-order valence-corrected chi connectivity index (χ1v) is 8.26. The van der Waals surface area contributed by atoms with E-state index >= 15 is 0 Å². The van der Waals surface area contributed by atoms with E-state index < -0.39 is 0 Å². The molecule has 25 heavy (non-hydrogen) atoms. The number of nitrogens with one attached hydrogen (secondary N) is 1. The van der Waals surface area contributed by atoms with E-state index in [2.05, 4.69) is 20.2 Å². The summed E-state index contributed by atoms with van der Waals surface area (Å²) in [7, 11) is 3.13. The molecule has 1 aromatic heterocycles. The van der Waals surface area contributed by atoms with Gasteiger partial charge in [-0.25, -0.2) is 9.97 Å². The van der Waals surface area contributed by atoms with Crippen LogP contribution in [0.5, 0.6) is 11.5 Å². The molecule has 7 nitrogen and oxygen atoms in total. The SMILES string of the molecule is COc1ccc(C(=O)NC2CCN(c3ncccn3)CC2)cc1OC. The van der Waals surface area contributed by atoms with Gasteiger partial charge in [-0.1, -0.05) is 0 Å². The molecule has 0 atom stereocenters. The number of hydrogen-bond donors (Lipinski definition) is 1. The van der Waals surface area contributed by atoms with Gasteiger partial charge < -0.3 is 19.7 Å². The van der Waals surface area contributed by atoms with Gasteiger partial charge in [-0.2, -0.15) is 0 Å². The fourth-order valence-corrected chi connectivity index (χ4v) is 2.92. The molecular weight excluding hydrogens is 320 g/mol. The maximum atomic E-state index is 12.5. The number of ether oxygens (including phenoxy) is 2. The predicted molar refractivity (Wildman–Crippen MR) is 94.3 cm³/mol. The van der Waals surface area contributed by atoms with Gasteiger partial charge in [0.2, 0.25) is 5.95 Å². The molecule has 1 aliphatic heterocycles. The minimum atomic E-state index is -0.102. The molecule has 2 aromatic rings. The smallest absolute Gasteiger partial charge is 0.251 e. The third kappa shape index (κ3) is 3.99. The Hall–Kier alpha value is -2.83. The summed E-state index contributed by atoms with van der Waals surface area (Å²) in [6.45, 7) is 1.64. The van der Waals surface area contributed by atoms with Gasteiger partial charge in [0, 0.05) is 37.1 Å². The molecule has 2 heterocycles. The van der Waals surface area contributed by atoms with Crippen LogP contribution >= 0.6 is 0 Å². The van der Waals surface area contributed by atoms with Gasteiger partial charge in [0.05, 0.1) is 14.2 Å². The van der Waals surface area contributed by atoms with Crippen LogP contribution in [0.3, 0.4) is 0 Å². The molecule has 1 aliphatic rings. The van der Waals surface area contributed by atoms with E-state index in [0.29, 0.717) is 17.1 Å². The average molecular weight is 342 g/mol. The minimum Gasteiger partial charge on any atom is -0.493 e. The number of carbonyl (C=O) groups is 1. The highest BCUT2D eigenvalue weighted by Crippen LogP contribution is 2.27. The van der Waals surface area contributed by atoms with Crippen LogP contribution < -0.4 is 19.7 Å². The largest absolute Gasteiger partial charge is 0.493 e. The number of carbonyl (C=O) groups excluding carboxylic acids is 1. The Balaban J connectivity index is 1.58. The van der Waals surface area contributed by atoms with E-state index in [1.54, 1.807) is 50.9 Å². The molecule has 1 fully saturated rings. The van der Waals surface area contributed by atoms with Gasteiger partial charge in [0.1, 0.15) is 0 Å². The Morgan fingerprint density at radius 2 is 1.80 bits per heavy atom. The zero-order chi connectivity index (χ0) is 17.6. The Morgan fingerprint density at radius 1 is 1.12 bits per heavy atom. The van der Waals surface area contributed by atoms with Gasteiger partial charge in [-0.05, 0) is 37.1 Å². The summed E-state index contributed by atoms with van der Waals surface area (Å²) in [5.41, 5.74) is 0.562. The topological polar surface area (TPSA) is 76.6 Å². The second-order valence-corrected chi connectivity index (χ2v) is 5.85. The lowest BCUT2D eigenvalue weighted by atomic mass is 10.0. The van der Waals surface area contributed by atoms with Gasteiger partial charge >= 0.3 is 0 Å². The van der Waals surface area contributed by atoms with E-state index in [1.165, 1.54) is 0 Å². The standard InChI is InChI=1S/C18H22N4O3/c1-24-15-5-4-13(12-16(15)25-2)17(23)21-14-6-10-22(11-7-14)18-19-8-3-9-20-18/h3-5,8-9,12,14H,6-7,10-11H2,1-2H3,(H,21,23). The molecule has 1 saturated heterocycles. The van der Waals surface area contributed by atoms with E-state index in [0.717, 1.165) is 31.9 Å². The van der Waals surface area contributed by atoms with Gasteiger partial charge in [-0.3, -0.25) is 4.79 Å². The third-order valence-corrected chi connectivity index (χ3v) is 4.31. The molecule has 0 aliphatic carbocycles. The number of nitrogens with zero attached hydrogens (tertiary/aromatic N) is 3. The minimum absolute atomic E-state index is 0.102. The third-order valence-electron chi connectivity index (χ3n) is 4.31. The van der Waals surface area contributed by atoms with Crippen molar-refractivity contribution in [1.82, 2.24) is 15.3 Å². The molecule has 1 N–H and O–H groups in total. The molecule has 1 amide bonds. The monoisotopic (exact) mass is 342 g/mol. The van der Waals surface area contributed by atoms with Crippen LogP contribution in [-0.2, 0) is 0 Å². The lowest BCUT2D eigenvalue weighted by Gasteiger charge is -2.32. The van der Waals surface area contributed by atoms with Crippen molar-refractivity contribution in [2.24, 2.45) is 0 Å². The lowest BCUT2D eigenvalue weighted by Crippen LogP contribution is -2.45. The molecule has 0 bridgehead atoms. The molecule has 132 valence electrons. The molecule has 3 rings (SSSR count). The fourth-order valence-electron chi connectivity index (χ4n) is 2.92. The summed E-state index contributed by atoms with van der Waals surface area (Å²) < 4.78 is 10.5. The molecule has 1 aromatic carbocycles. The van der Waals surface area contributed by atoms with Crippen molar-refractivity contribution in [2.75, 3.05) is 32.2 Å². The van der Waals surface area contributed by atoms with Gasteiger partial charge in [0.25, 0.3) is 5.91 Å². The van der Waals surface area contributed by atoms with Crippen molar-refractivity contribution in [3.8, 4) is 11.5 Å². The summed E-state index contributed by atoms with van der Waals surface area (Å²) in [4.78, 5) is 23.2. The normalized spacial score (nSPS) is 14.9. The van der Waals surface area contributed by atoms with E-state index in [4.69, 9.17) is 9.47 Å². The summed E-state index contributed by atoms with van der Waals surface area (Å²) in [5, 5.41) is 3.09. The summed E-state index contributed by atoms with van der Waals surface area (Å²) >= 11 is 0. The highest BCUT2D eigenvalue weighted by atomic mass is 16.5. The van der Waals surface area contributed by atoms with Crippen LogP contribution in [0.25, 0.3) is 0 Å². The molecule has 0 radical (unpaired) electrons. The first-order valence-electron chi connectivity index (χ1n) is 8.26. The Kier molecular flexibility index (Phi) is 5.33. The number of rotatable bonds is 5. The predicted octanol–water partition coefficient (Wildman–Crippen LogP) is 1.89. The molecule has 0 spiro atoms. The zero-order valence-electron chi connectivity index (χ0n) is 14.4. The Bertz CT molecular complexity index is 716. The number of piperidine rings is 1. The maximum Gasteiger partial charge on any atom is 0.251 e. The fraction of sp³-hybridized carbons (Fsp3) is 0.389. The van der Waals surface area contributed by atoms with Crippen molar-refractivity contribution in [3.63, 3.8) is 0 Å². The second-order valence-electron chi connectivity index (χ2n) is 5.85. The number of hydrogen-bond acceptors (Lipinski definition) is 6. The summed E-state index contributed by atoms with van der Waals surface area (Å²) in [6, 6.07) is 7.12. The highest BCUT2D eigenvalue weighted by molar-refractivity contribution is 5.95. The van der Waals surface area contributed by atoms with Crippen LogP contribution in [0.1, 0.15) is 23.2 Å². The van der Waals surface area contributed by atoms with Crippen molar-refractivity contribution >= 4 is 11.9 Å². The number of methoxy groups -OCH3 is 2. The average Bonchev–Trinajstić information content (AvgIpc) is 2.68. The quantitative estimate of drug-likeness (QED) is 0.894. The van der Waals surface area contributed by atoms with E-state index in [-0.39, 0.29) is 11.9 Å². The molecule has 7 heteroatoms. The van der Waals surface area contributed by atoms with Crippen molar-refractivity contribution in [2.45, 2.75) is 18.9 Å². The molecule has 0 saturated carbocycles. The summed E-state index contributed by atoms with van der Waals surface area (Å²) in [6.07, 6.45) is 5.20. The lowest BCUT2D eigenvalue weighted by molar-refractivity contribution is 0.0930. The number of benzene rings is 1. The number of aromatic nitrogens is 2. The van der Waals surface area contributed by atoms with E-state index in [9.17, 15) is 4.79 Å². The molecular formula is C18H22N4O3. The number of anilines is 1. The second kappa shape index (κ2) is 7.83. The Morgan fingerprint density at radius 3 is 2.44 bits per heavy atom. The van der Waals surface area contributed by atoms with Crippen molar-refractivity contribution < 1.29 is 14.3 Å². The van der Waals surface area contributed by atoms with Crippen LogP contribution in [0.4, 0.5) is 5.95 Å². The highest BCUT2D eigenvalue weighted by Gasteiger charge is 2.22. The van der Waals surface area contributed by atoms with E-state index in [1.807, 2.05) is 0 Å². The number of amides is 1. The van der Waals surface area contributed by atoms with Crippen molar-refractivity contribution in [1.29, 1.82) is 0 Å². The van der Waals surface area contributed by atoms with Crippen LogP contribution in [0, 0.1) is 0 Å². The summed E-state index contributed by atoms with van der Waals surface area (Å²) in [5.74, 6) is 1.80. The first-order chi connectivity index (χ1) is 12.2. The Labute approximate surface area is 147 Å². The first kappa shape index (κ1) is 17.0. The maximum absolute atomic E-state index is 12.5. The zero-order valence-corrected chi connectivity index (χ0v) is 14.4. The molecule has 0 unspecified atom stereocenters. The van der Waals surface area contributed by atoms with Gasteiger partial charge in [-0.15, -0.1) is 0 Å².